The van der Waals surface area contributed by atoms with E-state index >= 15 is 0 Å². The molecule has 0 amide bonds. The van der Waals surface area contributed by atoms with Crippen LogP contribution in [0.4, 0.5) is 5.69 Å². The zero-order valence-corrected chi connectivity index (χ0v) is 13.8. The molecule has 1 aromatic carbocycles. The van der Waals surface area contributed by atoms with Crippen LogP contribution in [0.25, 0.3) is 0 Å². The predicted molar refractivity (Wildman–Crippen MR) is 84.4 cm³/mol. The van der Waals surface area contributed by atoms with Crippen molar-refractivity contribution >= 4 is 27.3 Å². The second-order valence-electron chi connectivity index (χ2n) is 5.61. The second-order valence-corrected chi connectivity index (χ2v) is 7.88. The molecule has 1 rings (SSSR count). The Morgan fingerprint density at radius 2 is 1.95 bits per heavy atom. The van der Waals surface area contributed by atoms with Crippen LogP contribution >= 0.6 is 11.6 Å². The Hall–Kier alpha value is -1.04. The number of anilines is 1. The van der Waals surface area contributed by atoms with Crippen molar-refractivity contribution in [1.29, 1.82) is 0 Å². The molecule has 112 valence electrons. The summed E-state index contributed by atoms with van der Waals surface area (Å²) in [5.41, 5.74) is 6.11. The van der Waals surface area contributed by atoms with Gasteiger partial charge in [0.1, 0.15) is 0 Å². The number of hydrogen-bond donors (Lipinski definition) is 1. The van der Waals surface area contributed by atoms with Gasteiger partial charge in [-0.05, 0) is 45.4 Å². The van der Waals surface area contributed by atoms with E-state index in [0.29, 0.717) is 16.3 Å². The third-order valence-electron chi connectivity index (χ3n) is 2.98. The van der Waals surface area contributed by atoms with Gasteiger partial charge in [0, 0.05) is 22.8 Å². The Labute approximate surface area is 126 Å². The van der Waals surface area contributed by atoms with Crippen LogP contribution in [0.1, 0.15) is 26.3 Å². The maximum Gasteiger partial charge on any atom is 0.244 e. The zero-order valence-electron chi connectivity index (χ0n) is 12.3. The van der Waals surface area contributed by atoms with Crippen molar-refractivity contribution in [2.45, 2.75) is 38.1 Å². The van der Waals surface area contributed by atoms with Gasteiger partial charge in [0.05, 0.1) is 4.90 Å². The van der Waals surface area contributed by atoms with Crippen molar-refractivity contribution in [1.82, 2.24) is 4.31 Å². The Morgan fingerprint density at radius 1 is 1.40 bits per heavy atom. The molecular formula is C14H21ClN2O2S. The summed E-state index contributed by atoms with van der Waals surface area (Å²) in [7, 11) is -3.70. The maximum atomic E-state index is 12.9. The molecule has 0 atom stereocenters. The standard InChI is InChI=1S/C14H21ClN2O2S/c1-6-7-17(14(3,4)5)20(18,19)13-9-11(15)8-12(16)10(13)2/h6,8-9H,1,7,16H2,2-5H3. The van der Waals surface area contributed by atoms with E-state index in [1.165, 1.54) is 10.4 Å². The van der Waals surface area contributed by atoms with Gasteiger partial charge in [-0.2, -0.15) is 4.31 Å². The number of nitrogen functional groups attached to an aromatic ring is 1. The number of benzene rings is 1. The summed E-state index contributed by atoms with van der Waals surface area (Å²) in [6.45, 7) is 11.0. The Balaban J connectivity index is 3.53. The Kier molecular flexibility index (Phi) is 4.90. The predicted octanol–water partition coefficient (Wildman–Crippen LogP) is 3.21. The molecule has 0 aromatic heterocycles. The van der Waals surface area contributed by atoms with Gasteiger partial charge in [-0.15, -0.1) is 6.58 Å². The molecular weight excluding hydrogens is 296 g/mol. The van der Waals surface area contributed by atoms with Gasteiger partial charge in [0.15, 0.2) is 0 Å². The molecule has 1 aromatic rings. The molecule has 0 spiro atoms. The molecule has 0 aliphatic carbocycles. The van der Waals surface area contributed by atoms with Gasteiger partial charge in [0.25, 0.3) is 0 Å². The van der Waals surface area contributed by atoms with E-state index in [9.17, 15) is 8.42 Å². The zero-order chi connectivity index (χ0) is 15.7. The lowest BCUT2D eigenvalue weighted by atomic mass is 10.1. The molecule has 20 heavy (non-hydrogen) atoms. The molecule has 0 fully saturated rings. The van der Waals surface area contributed by atoms with Crippen LogP contribution in [0.3, 0.4) is 0 Å². The molecule has 0 aliphatic heterocycles. The van der Waals surface area contributed by atoms with E-state index in [1.807, 2.05) is 20.8 Å². The fourth-order valence-corrected chi connectivity index (χ4v) is 4.24. The van der Waals surface area contributed by atoms with E-state index in [4.69, 9.17) is 17.3 Å². The Bertz CT molecular complexity index is 619. The van der Waals surface area contributed by atoms with Gasteiger partial charge in [-0.3, -0.25) is 0 Å². The minimum Gasteiger partial charge on any atom is -0.398 e. The quantitative estimate of drug-likeness (QED) is 0.685. The van der Waals surface area contributed by atoms with E-state index in [2.05, 4.69) is 6.58 Å². The minimum absolute atomic E-state index is 0.138. The first kappa shape index (κ1) is 17.0. The van der Waals surface area contributed by atoms with Crippen molar-refractivity contribution in [2.24, 2.45) is 0 Å². The van der Waals surface area contributed by atoms with Crippen molar-refractivity contribution in [3.63, 3.8) is 0 Å². The van der Waals surface area contributed by atoms with Crippen LogP contribution < -0.4 is 5.73 Å². The molecule has 2 N–H and O–H groups in total. The van der Waals surface area contributed by atoms with Crippen molar-refractivity contribution < 1.29 is 8.42 Å². The highest BCUT2D eigenvalue weighted by molar-refractivity contribution is 7.89. The van der Waals surface area contributed by atoms with Gasteiger partial charge >= 0.3 is 0 Å². The lowest BCUT2D eigenvalue weighted by Gasteiger charge is -2.34. The molecule has 0 radical (unpaired) electrons. The topological polar surface area (TPSA) is 63.4 Å². The van der Waals surface area contributed by atoms with E-state index < -0.39 is 15.6 Å². The molecule has 0 saturated carbocycles. The lowest BCUT2D eigenvalue weighted by molar-refractivity contribution is 0.270. The van der Waals surface area contributed by atoms with Gasteiger partial charge in [0.2, 0.25) is 10.0 Å². The largest absolute Gasteiger partial charge is 0.398 e. The highest BCUT2D eigenvalue weighted by Gasteiger charge is 2.34. The van der Waals surface area contributed by atoms with Gasteiger partial charge in [-0.25, -0.2) is 8.42 Å². The number of sulfonamides is 1. The average Bonchev–Trinajstić information content (AvgIpc) is 2.28. The number of nitrogens with zero attached hydrogens (tertiary/aromatic N) is 1. The lowest BCUT2D eigenvalue weighted by Crippen LogP contribution is -2.45. The van der Waals surface area contributed by atoms with Crippen LogP contribution in [0.2, 0.25) is 5.02 Å². The van der Waals surface area contributed by atoms with Crippen LogP contribution in [0.15, 0.2) is 29.7 Å². The SMILES string of the molecule is C=CCN(C(C)(C)C)S(=O)(=O)c1cc(Cl)cc(N)c1C. The fourth-order valence-electron chi connectivity index (χ4n) is 1.91. The van der Waals surface area contributed by atoms with E-state index in [0.717, 1.165) is 0 Å². The average molecular weight is 317 g/mol. The monoisotopic (exact) mass is 316 g/mol. The second kappa shape index (κ2) is 5.76. The molecule has 6 heteroatoms. The Morgan fingerprint density at radius 3 is 2.40 bits per heavy atom. The number of hydrogen-bond acceptors (Lipinski definition) is 3. The maximum absolute atomic E-state index is 12.9. The highest BCUT2D eigenvalue weighted by Crippen LogP contribution is 2.31. The third-order valence-corrected chi connectivity index (χ3v) is 5.45. The first-order valence-electron chi connectivity index (χ1n) is 6.21. The third kappa shape index (κ3) is 3.34. The van der Waals surface area contributed by atoms with Gasteiger partial charge < -0.3 is 5.73 Å². The number of halogens is 1. The molecule has 0 aliphatic rings. The summed E-state index contributed by atoms with van der Waals surface area (Å²) in [4.78, 5) is 0.138. The summed E-state index contributed by atoms with van der Waals surface area (Å²) >= 11 is 5.94. The van der Waals surface area contributed by atoms with Crippen LogP contribution in [-0.2, 0) is 10.0 Å². The van der Waals surface area contributed by atoms with Crippen LogP contribution in [0, 0.1) is 6.92 Å². The molecule has 0 saturated heterocycles. The van der Waals surface area contributed by atoms with Gasteiger partial charge in [-0.1, -0.05) is 17.7 Å². The fraction of sp³-hybridized carbons (Fsp3) is 0.429. The summed E-state index contributed by atoms with van der Waals surface area (Å²) in [5.74, 6) is 0. The summed E-state index contributed by atoms with van der Waals surface area (Å²) in [5, 5.41) is 0.305. The summed E-state index contributed by atoms with van der Waals surface area (Å²) < 4.78 is 27.1. The van der Waals surface area contributed by atoms with E-state index in [1.54, 1.807) is 19.1 Å². The molecule has 0 bridgehead atoms. The first-order valence-corrected chi connectivity index (χ1v) is 8.03. The summed E-state index contributed by atoms with van der Waals surface area (Å²) in [6, 6.07) is 2.98. The highest BCUT2D eigenvalue weighted by atomic mass is 35.5. The van der Waals surface area contributed by atoms with Crippen LogP contribution in [-0.4, -0.2) is 24.8 Å². The minimum atomic E-state index is -3.70. The molecule has 4 nitrogen and oxygen atoms in total. The molecule has 0 unspecified atom stereocenters. The van der Waals surface area contributed by atoms with Crippen molar-refractivity contribution in [3.05, 3.63) is 35.4 Å². The number of rotatable bonds is 4. The first-order chi connectivity index (χ1) is 9.01. The summed E-state index contributed by atoms with van der Waals surface area (Å²) in [6.07, 6.45) is 1.56. The smallest absolute Gasteiger partial charge is 0.244 e. The van der Waals surface area contributed by atoms with Crippen molar-refractivity contribution in [2.75, 3.05) is 12.3 Å². The van der Waals surface area contributed by atoms with Crippen LogP contribution in [0.5, 0.6) is 0 Å². The van der Waals surface area contributed by atoms with Crippen molar-refractivity contribution in [3.8, 4) is 0 Å². The number of nitrogens with two attached hydrogens (primary N) is 1. The molecule has 0 heterocycles. The normalized spacial score (nSPS) is 12.7. The van der Waals surface area contributed by atoms with E-state index in [-0.39, 0.29) is 11.4 Å².